The summed E-state index contributed by atoms with van der Waals surface area (Å²) in [7, 11) is 1.37. The molecule has 0 unspecified atom stereocenters. The zero-order valence-corrected chi connectivity index (χ0v) is 18.1. The fourth-order valence-corrected chi connectivity index (χ4v) is 4.38. The number of amides is 1. The molecule has 1 amide bonds. The van der Waals surface area contributed by atoms with Crippen LogP contribution in [0.5, 0.6) is 0 Å². The van der Waals surface area contributed by atoms with Crippen LogP contribution < -0.4 is 5.32 Å². The van der Waals surface area contributed by atoms with Crippen molar-refractivity contribution in [3.05, 3.63) is 71.4 Å². The number of aromatic nitrogens is 1. The van der Waals surface area contributed by atoms with Crippen LogP contribution in [-0.2, 0) is 22.6 Å². The Hall–Kier alpha value is -3.12. The third kappa shape index (κ3) is 4.97. The van der Waals surface area contributed by atoms with Gasteiger partial charge < -0.3 is 14.6 Å². The van der Waals surface area contributed by atoms with E-state index in [1.165, 1.54) is 18.2 Å². The third-order valence-corrected chi connectivity index (χ3v) is 5.95. The fraction of sp³-hybridized carbons (Fsp3) is 0.360. The number of nitrogens with one attached hydrogen (secondary N) is 1. The predicted molar refractivity (Wildman–Crippen MR) is 121 cm³/mol. The van der Waals surface area contributed by atoms with Crippen molar-refractivity contribution >= 4 is 22.8 Å². The van der Waals surface area contributed by atoms with Gasteiger partial charge in [0.05, 0.1) is 12.7 Å². The minimum atomic E-state index is -0.392. The van der Waals surface area contributed by atoms with E-state index < -0.39 is 5.97 Å². The highest BCUT2D eigenvalue weighted by atomic mass is 16.5. The summed E-state index contributed by atoms with van der Waals surface area (Å²) in [6, 6.07) is 16.4. The van der Waals surface area contributed by atoms with Gasteiger partial charge >= 0.3 is 5.97 Å². The Morgan fingerprint density at radius 3 is 2.61 bits per heavy atom. The average Bonchev–Trinajstić information content (AvgIpc) is 3.13. The largest absolute Gasteiger partial charge is 0.465 e. The van der Waals surface area contributed by atoms with Gasteiger partial charge in [0.1, 0.15) is 6.54 Å². The van der Waals surface area contributed by atoms with Gasteiger partial charge in [-0.05, 0) is 31.4 Å². The first kappa shape index (κ1) is 21.1. The van der Waals surface area contributed by atoms with E-state index in [0.29, 0.717) is 5.56 Å². The van der Waals surface area contributed by atoms with Gasteiger partial charge in [-0.2, -0.15) is 0 Å². The Morgan fingerprint density at radius 2 is 1.87 bits per heavy atom. The molecule has 0 saturated carbocycles. The molecular formula is C25H29N3O3. The van der Waals surface area contributed by atoms with Crippen molar-refractivity contribution in [1.82, 2.24) is 14.8 Å². The highest BCUT2D eigenvalue weighted by molar-refractivity contribution is 6.04. The fourth-order valence-electron chi connectivity index (χ4n) is 4.38. The molecule has 6 nitrogen and oxygen atoms in total. The zero-order chi connectivity index (χ0) is 21.8. The quantitative estimate of drug-likeness (QED) is 0.621. The van der Waals surface area contributed by atoms with Crippen LogP contribution in [0, 0.1) is 6.92 Å². The normalized spacial score (nSPS) is 15.2. The van der Waals surface area contributed by atoms with E-state index >= 15 is 0 Å². The summed E-state index contributed by atoms with van der Waals surface area (Å²) in [6.45, 7) is 5.19. The van der Waals surface area contributed by atoms with Crippen molar-refractivity contribution in [3.8, 4) is 0 Å². The first-order valence-electron chi connectivity index (χ1n) is 10.8. The predicted octanol–water partition coefficient (Wildman–Crippen LogP) is 3.52. The van der Waals surface area contributed by atoms with Crippen molar-refractivity contribution in [1.29, 1.82) is 0 Å². The number of rotatable bonds is 6. The minimum absolute atomic E-state index is 0.0331. The Bertz CT molecular complexity index is 1080. The molecular weight excluding hydrogens is 390 g/mol. The van der Waals surface area contributed by atoms with Crippen LogP contribution in [0.25, 0.3) is 10.9 Å². The van der Waals surface area contributed by atoms with Crippen LogP contribution >= 0.6 is 0 Å². The van der Waals surface area contributed by atoms with Crippen molar-refractivity contribution in [2.24, 2.45) is 0 Å². The number of hydrogen-bond acceptors (Lipinski definition) is 4. The van der Waals surface area contributed by atoms with Crippen LogP contribution in [0.15, 0.2) is 54.7 Å². The molecule has 1 saturated heterocycles. The molecule has 162 valence electrons. The van der Waals surface area contributed by atoms with Gasteiger partial charge in [-0.1, -0.05) is 48.0 Å². The van der Waals surface area contributed by atoms with Crippen molar-refractivity contribution in [2.75, 3.05) is 20.2 Å². The van der Waals surface area contributed by atoms with Crippen LogP contribution in [0.1, 0.15) is 34.3 Å². The summed E-state index contributed by atoms with van der Waals surface area (Å²) in [5, 5.41) is 3.97. The Balaban J connectivity index is 1.33. The average molecular weight is 420 g/mol. The Labute approximate surface area is 182 Å². The van der Waals surface area contributed by atoms with Crippen LogP contribution in [0.3, 0.4) is 0 Å². The highest BCUT2D eigenvalue weighted by Gasteiger charge is 2.22. The van der Waals surface area contributed by atoms with Gasteiger partial charge in [0.25, 0.3) is 0 Å². The first-order chi connectivity index (χ1) is 15.0. The first-order valence-corrected chi connectivity index (χ1v) is 10.8. The van der Waals surface area contributed by atoms with E-state index in [2.05, 4.69) is 41.4 Å². The number of carbonyl (C=O) groups is 2. The van der Waals surface area contributed by atoms with Gasteiger partial charge in [0, 0.05) is 42.8 Å². The number of aryl methyl sites for hydroxylation is 1. The number of hydrogen-bond donors (Lipinski definition) is 1. The van der Waals surface area contributed by atoms with Crippen molar-refractivity contribution < 1.29 is 14.3 Å². The molecule has 0 aliphatic carbocycles. The number of likely N-dealkylation sites (tertiary alicyclic amines) is 1. The van der Waals surface area contributed by atoms with Crippen LogP contribution in [0.2, 0.25) is 0 Å². The molecule has 1 aliphatic heterocycles. The molecule has 2 heterocycles. The van der Waals surface area contributed by atoms with Gasteiger partial charge in [-0.15, -0.1) is 0 Å². The highest BCUT2D eigenvalue weighted by Crippen LogP contribution is 2.22. The topological polar surface area (TPSA) is 63.6 Å². The Morgan fingerprint density at radius 1 is 1.10 bits per heavy atom. The number of ether oxygens (including phenoxy) is 1. The molecule has 1 fully saturated rings. The van der Waals surface area contributed by atoms with E-state index in [0.717, 1.165) is 43.4 Å². The van der Waals surface area contributed by atoms with Gasteiger partial charge in [-0.3, -0.25) is 9.69 Å². The van der Waals surface area contributed by atoms with Crippen LogP contribution in [-0.4, -0.2) is 47.6 Å². The summed E-state index contributed by atoms with van der Waals surface area (Å²) >= 11 is 0. The van der Waals surface area contributed by atoms with E-state index in [9.17, 15) is 9.59 Å². The number of para-hydroxylation sites is 1. The van der Waals surface area contributed by atoms with Gasteiger partial charge in [0.2, 0.25) is 5.91 Å². The summed E-state index contributed by atoms with van der Waals surface area (Å²) in [5.41, 5.74) is 3.96. The lowest BCUT2D eigenvalue weighted by Gasteiger charge is -2.32. The summed E-state index contributed by atoms with van der Waals surface area (Å²) < 4.78 is 6.71. The zero-order valence-electron chi connectivity index (χ0n) is 18.1. The molecule has 4 rings (SSSR count). The number of nitrogens with zero attached hydrogens (tertiary/aromatic N) is 2. The lowest BCUT2D eigenvalue weighted by Crippen LogP contribution is -2.45. The van der Waals surface area contributed by atoms with E-state index in [4.69, 9.17) is 4.74 Å². The standard InChI is InChI=1S/C25H29N3O3/c1-18-6-5-7-19(14-18)15-27-12-10-20(11-13-27)26-24(29)17-28-16-22(25(30)31-2)21-8-3-4-9-23(21)28/h3-9,14,16,20H,10-13,15,17H2,1-2H3,(H,26,29). The monoisotopic (exact) mass is 419 g/mol. The van der Waals surface area contributed by atoms with Gasteiger partial charge in [-0.25, -0.2) is 4.79 Å². The molecule has 1 aromatic heterocycles. The molecule has 1 aliphatic rings. The SMILES string of the molecule is COC(=O)c1cn(CC(=O)NC2CCN(Cc3cccc(C)c3)CC2)c2ccccc12. The number of esters is 1. The second-order valence-electron chi connectivity index (χ2n) is 8.29. The maximum Gasteiger partial charge on any atom is 0.340 e. The second-order valence-corrected chi connectivity index (χ2v) is 8.29. The van der Waals surface area contributed by atoms with Crippen molar-refractivity contribution in [3.63, 3.8) is 0 Å². The minimum Gasteiger partial charge on any atom is -0.465 e. The summed E-state index contributed by atoms with van der Waals surface area (Å²) in [6.07, 6.45) is 3.59. The molecule has 0 atom stereocenters. The number of fused-ring (bicyclic) bond motifs is 1. The van der Waals surface area contributed by atoms with Crippen molar-refractivity contribution in [2.45, 2.75) is 38.9 Å². The Kier molecular flexibility index (Phi) is 6.37. The van der Waals surface area contributed by atoms with E-state index in [1.54, 1.807) is 6.20 Å². The molecule has 2 aromatic carbocycles. The number of benzene rings is 2. The lowest BCUT2D eigenvalue weighted by molar-refractivity contribution is -0.122. The molecule has 0 radical (unpaired) electrons. The molecule has 1 N–H and O–H groups in total. The number of carbonyl (C=O) groups excluding carboxylic acids is 2. The van der Waals surface area contributed by atoms with E-state index in [1.807, 2.05) is 28.8 Å². The lowest BCUT2D eigenvalue weighted by atomic mass is 10.0. The third-order valence-electron chi connectivity index (χ3n) is 5.95. The molecule has 6 heteroatoms. The summed E-state index contributed by atoms with van der Waals surface area (Å²) in [4.78, 5) is 27.2. The maximum absolute atomic E-state index is 12.7. The second kappa shape index (κ2) is 9.35. The molecule has 3 aromatic rings. The van der Waals surface area contributed by atoms with E-state index in [-0.39, 0.29) is 18.5 Å². The molecule has 0 spiro atoms. The smallest absolute Gasteiger partial charge is 0.340 e. The number of methoxy groups -OCH3 is 1. The maximum atomic E-state index is 12.7. The summed E-state index contributed by atoms with van der Waals surface area (Å²) in [5.74, 6) is -0.425. The van der Waals surface area contributed by atoms with Gasteiger partial charge in [0.15, 0.2) is 0 Å². The molecule has 31 heavy (non-hydrogen) atoms. The van der Waals surface area contributed by atoms with Crippen LogP contribution in [0.4, 0.5) is 0 Å². The number of piperidine rings is 1. The molecule has 0 bridgehead atoms.